The van der Waals surface area contributed by atoms with E-state index in [-0.39, 0.29) is 0 Å². The van der Waals surface area contributed by atoms with Crippen LogP contribution < -0.4 is 15.8 Å². The maximum Gasteiger partial charge on any atom is 0.183 e. The average molecular weight is 268 g/mol. The average Bonchev–Trinajstić information content (AvgIpc) is 2.92. The van der Waals surface area contributed by atoms with Gasteiger partial charge in [0.2, 0.25) is 0 Å². The Balaban J connectivity index is 1.93. The van der Waals surface area contributed by atoms with Crippen molar-refractivity contribution in [2.75, 3.05) is 24.2 Å². The van der Waals surface area contributed by atoms with Crippen molar-refractivity contribution < 1.29 is 4.74 Å². The highest BCUT2D eigenvalue weighted by molar-refractivity contribution is 5.86. The van der Waals surface area contributed by atoms with Gasteiger partial charge in [-0.3, -0.25) is 0 Å². The largest absolute Gasteiger partial charge is 0.489 e. The van der Waals surface area contributed by atoms with Crippen molar-refractivity contribution in [3.8, 4) is 17.1 Å². The number of H-pyrrole nitrogens is 1. The number of imidazole rings is 1. The van der Waals surface area contributed by atoms with E-state index in [2.05, 4.69) is 25.3 Å². The standard InChI is InChI=1S/C13H12N6O/c14-11-9-13(17-6-16-11)19-12(18-9)7-2-1-3-8-10(7)20-5-4-15-8/h1-3,6,15H,4-5H2,(H3,14,16,17,18,19). The summed E-state index contributed by atoms with van der Waals surface area (Å²) in [6, 6.07) is 5.89. The second-order valence-corrected chi connectivity index (χ2v) is 4.50. The Morgan fingerprint density at radius 2 is 2.20 bits per heavy atom. The summed E-state index contributed by atoms with van der Waals surface area (Å²) in [5.41, 5.74) is 8.86. The van der Waals surface area contributed by atoms with Crippen LogP contribution in [0.25, 0.3) is 22.6 Å². The van der Waals surface area contributed by atoms with Gasteiger partial charge in [0.15, 0.2) is 17.2 Å². The number of nitrogens with two attached hydrogens (primary N) is 1. The molecule has 0 spiro atoms. The highest BCUT2D eigenvalue weighted by Gasteiger charge is 2.18. The predicted molar refractivity (Wildman–Crippen MR) is 75.5 cm³/mol. The highest BCUT2D eigenvalue weighted by atomic mass is 16.5. The molecule has 3 aromatic rings. The van der Waals surface area contributed by atoms with Crippen molar-refractivity contribution in [1.29, 1.82) is 0 Å². The minimum absolute atomic E-state index is 0.387. The number of hydrogen-bond donors (Lipinski definition) is 3. The number of nitrogens with one attached hydrogen (secondary N) is 2. The van der Waals surface area contributed by atoms with E-state index in [1.165, 1.54) is 6.33 Å². The molecule has 0 aliphatic carbocycles. The van der Waals surface area contributed by atoms with E-state index in [1.54, 1.807) is 0 Å². The number of aromatic nitrogens is 4. The van der Waals surface area contributed by atoms with Gasteiger partial charge < -0.3 is 20.8 Å². The van der Waals surface area contributed by atoms with Gasteiger partial charge in [-0.15, -0.1) is 0 Å². The van der Waals surface area contributed by atoms with Crippen LogP contribution in [-0.2, 0) is 0 Å². The minimum Gasteiger partial charge on any atom is -0.489 e. The molecule has 1 aliphatic rings. The van der Waals surface area contributed by atoms with E-state index in [0.717, 1.165) is 23.5 Å². The molecule has 0 saturated carbocycles. The molecule has 4 rings (SSSR count). The van der Waals surface area contributed by atoms with E-state index >= 15 is 0 Å². The fraction of sp³-hybridized carbons (Fsp3) is 0.154. The van der Waals surface area contributed by atoms with E-state index in [9.17, 15) is 0 Å². The molecule has 1 aliphatic heterocycles. The molecule has 0 bridgehead atoms. The quantitative estimate of drug-likeness (QED) is 0.616. The molecule has 20 heavy (non-hydrogen) atoms. The van der Waals surface area contributed by atoms with Gasteiger partial charge in [0, 0.05) is 6.54 Å². The molecule has 0 amide bonds. The summed E-state index contributed by atoms with van der Waals surface area (Å²) in [6.07, 6.45) is 1.40. The number of nitrogens with zero attached hydrogens (tertiary/aromatic N) is 3. The lowest BCUT2D eigenvalue weighted by Crippen LogP contribution is -2.18. The minimum atomic E-state index is 0.387. The molecule has 3 heterocycles. The highest BCUT2D eigenvalue weighted by Crippen LogP contribution is 2.37. The van der Waals surface area contributed by atoms with Gasteiger partial charge in [-0.2, -0.15) is 0 Å². The van der Waals surface area contributed by atoms with Crippen LogP contribution in [-0.4, -0.2) is 33.1 Å². The molecule has 7 heteroatoms. The van der Waals surface area contributed by atoms with Crippen LogP contribution in [0.1, 0.15) is 0 Å². The number of rotatable bonds is 1. The van der Waals surface area contributed by atoms with Crippen molar-refractivity contribution in [1.82, 2.24) is 19.9 Å². The van der Waals surface area contributed by atoms with E-state index in [4.69, 9.17) is 10.5 Å². The second kappa shape index (κ2) is 4.09. The summed E-state index contributed by atoms with van der Waals surface area (Å²) in [4.78, 5) is 15.7. The molecular weight excluding hydrogens is 256 g/mol. The van der Waals surface area contributed by atoms with E-state index < -0.39 is 0 Å². The predicted octanol–water partition coefficient (Wildman–Crippen LogP) is 1.41. The third-order valence-corrected chi connectivity index (χ3v) is 3.25. The second-order valence-electron chi connectivity index (χ2n) is 4.50. The molecule has 0 radical (unpaired) electrons. The molecule has 100 valence electrons. The molecule has 0 saturated heterocycles. The Labute approximate surface area is 114 Å². The molecule has 4 N–H and O–H groups in total. The fourth-order valence-corrected chi connectivity index (χ4v) is 2.33. The number of para-hydroxylation sites is 1. The lowest BCUT2D eigenvalue weighted by molar-refractivity contribution is 0.324. The van der Waals surface area contributed by atoms with Gasteiger partial charge >= 0.3 is 0 Å². The third kappa shape index (κ3) is 1.56. The first-order valence-electron chi connectivity index (χ1n) is 6.29. The Morgan fingerprint density at radius 3 is 3.10 bits per heavy atom. The Kier molecular flexibility index (Phi) is 2.26. The van der Waals surface area contributed by atoms with E-state index in [0.29, 0.717) is 29.4 Å². The molecule has 2 aromatic heterocycles. The zero-order valence-electron chi connectivity index (χ0n) is 10.6. The molecule has 0 atom stereocenters. The first-order valence-corrected chi connectivity index (χ1v) is 6.29. The van der Waals surface area contributed by atoms with Crippen LogP contribution in [0.2, 0.25) is 0 Å². The molecule has 0 fully saturated rings. The summed E-state index contributed by atoms with van der Waals surface area (Å²) >= 11 is 0. The maximum absolute atomic E-state index is 5.82. The van der Waals surface area contributed by atoms with Crippen molar-refractivity contribution in [3.63, 3.8) is 0 Å². The van der Waals surface area contributed by atoms with Gasteiger partial charge in [-0.05, 0) is 12.1 Å². The number of hydrogen-bond acceptors (Lipinski definition) is 6. The van der Waals surface area contributed by atoms with Gasteiger partial charge in [0.25, 0.3) is 0 Å². The lowest BCUT2D eigenvalue weighted by Gasteiger charge is -2.20. The fourth-order valence-electron chi connectivity index (χ4n) is 2.33. The van der Waals surface area contributed by atoms with Crippen LogP contribution in [0, 0.1) is 0 Å². The van der Waals surface area contributed by atoms with Gasteiger partial charge in [-0.1, -0.05) is 6.07 Å². The number of nitrogen functional groups attached to an aromatic ring is 1. The SMILES string of the molecule is Nc1ncnc2nc(-c3cccc4c3OCCN4)[nH]c12. The molecule has 0 unspecified atom stereocenters. The Bertz CT molecular complexity index is 797. The van der Waals surface area contributed by atoms with Gasteiger partial charge in [0.1, 0.15) is 24.3 Å². The zero-order chi connectivity index (χ0) is 13.5. The normalized spacial score (nSPS) is 13.6. The topological polar surface area (TPSA) is 102 Å². The number of aromatic amines is 1. The first-order chi connectivity index (χ1) is 9.83. The van der Waals surface area contributed by atoms with Crippen LogP contribution in [0.4, 0.5) is 11.5 Å². The Morgan fingerprint density at radius 1 is 1.25 bits per heavy atom. The van der Waals surface area contributed by atoms with Crippen molar-refractivity contribution in [3.05, 3.63) is 24.5 Å². The smallest absolute Gasteiger partial charge is 0.183 e. The summed E-state index contributed by atoms with van der Waals surface area (Å²) in [6.45, 7) is 1.43. The van der Waals surface area contributed by atoms with Crippen LogP contribution in [0.3, 0.4) is 0 Å². The van der Waals surface area contributed by atoms with Crippen LogP contribution >= 0.6 is 0 Å². The molecular formula is C13H12N6O. The summed E-state index contributed by atoms with van der Waals surface area (Å²) in [7, 11) is 0. The van der Waals surface area contributed by atoms with Gasteiger partial charge in [0.05, 0.1) is 11.3 Å². The number of anilines is 2. The monoisotopic (exact) mass is 268 g/mol. The van der Waals surface area contributed by atoms with E-state index in [1.807, 2.05) is 18.2 Å². The molecule has 1 aromatic carbocycles. The van der Waals surface area contributed by atoms with Gasteiger partial charge in [-0.25, -0.2) is 15.0 Å². The van der Waals surface area contributed by atoms with Crippen molar-refractivity contribution in [2.24, 2.45) is 0 Å². The lowest BCUT2D eigenvalue weighted by atomic mass is 10.1. The number of fused-ring (bicyclic) bond motifs is 2. The summed E-state index contributed by atoms with van der Waals surface area (Å²) in [5, 5.41) is 3.30. The number of ether oxygens (including phenoxy) is 1. The summed E-state index contributed by atoms with van der Waals surface area (Å²) in [5.74, 6) is 1.86. The Hall–Kier alpha value is -2.83. The summed E-state index contributed by atoms with van der Waals surface area (Å²) < 4.78 is 5.75. The van der Waals surface area contributed by atoms with Crippen molar-refractivity contribution >= 4 is 22.7 Å². The maximum atomic E-state index is 5.82. The van der Waals surface area contributed by atoms with Crippen LogP contribution in [0.15, 0.2) is 24.5 Å². The third-order valence-electron chi connectivity index (χ3n) is 3.25. The first kappa shape index (κ1) is 11.0. The van der Waals surface area contributed by atoms with Crippen molar-refractivity contribution in [2.45, 2.75) is 0 Å². The van der Waals surface area contributed by atoms with Crippen LogP contribution in [0.5, 0.6) is 5.75 Å². The number of benzene rings is 1. The zero-order valence-corrected chi connectivity index (χ0v) is 10.6. The molecule has 7 nitrogen and oxygen atoms in total.